The second-order valence-electron chi connectivity index (χ2n) is 6.33. The molecule has 2 aromatic carbocycles. The molecule has 0 saturated carbocycles. The Balaban J connectivity index is 1.82. The van der Waals surface area contributed by atoms with Crippen LogP contribution in [0.15, 0.2) is 60.0 Å². The van der Waals surface area contributed by atoms with Gasteiger partial charge in [-0.15, -0.1) is 11.3 Å². The maximum atomic E-state index is 12.6. The van der Waals surface area contributed by atoms with Crippen molar-refractivity contribution in [3.63, 3.8) is 0 Å². The predicted molar refractivity (Wildman–Crippen MR) is 106 cm³/mol. The summed E-state index contributed by atoms with van der Waals surface area (Å²) in [6, 6.07) is 16.9. The van der Waals surface area contributed by atoms with Crippen LogP contribution in [0.3, 0.4) is 0 Å². The van der Waals surface area contributed by atoms with Gasteiger partial charge in [0.2, 0.25) is 6.10 Å². The number of aromatic nitrogens is 1. The molecule has 1 amide bonds. The Morgan fingerprint density at radius 3 is 2.33 bits per heavy atom. The normalized spacial score (nSPS) is 11.7. The molecule has 6 heteroatoms. The molecular weight excluding hydrogens is 360 g/mol. The first-order valence-corrected chi connectivity index (χ1v) is 9.33. The van der Waals surface area contributed by atoms with Crippen molar-refractivity contribution in [2.45, 2.75) is 13.0 Å². The number of benzene rings is 2. The smallest absolute Gasteiger partial charge is 0.358 e. The summed E-state index contributed by atoms with van der Waals surface area (Å²) >= 11 is 1.37. The molecule has 0 radical (unpaired) electrons. The summed E-state index contributed by atoms with van der Waals surface area (Å²) in [7, 11) is 3.26. The molecule has 3 rings (SSSR count). The lowest BCUT2D eigenvalue weighted by Gasteiger charge is -2.20. The topological polar surface area (TPSA) is 59.5 Å². The third kappa shape index (κ3) is 4.41. The summed E-state index contributed by atoms with van der Waals surface area (Å²) in [5, 5.41) is 2.39. The van der Waals surface area contributed by atoms with Gasteiger partial charge in [-0.25, -0.2) is 9.78 Å². The Labute approximate surface area is 162 Å². The van der Waals surface area contributed by atoms with Crippen LogP contribution in [0.4, 0.5) is 0 Å². The molecule has 0 saturated heterocycles. The van der Waals surface area contributed by atoms with Gasteiger partial charge in [0.25, 0.3) is 5.91 Å². The number of rotatable bonds is 5. The van der Waals surface area contributed by atoms with Crippen LogP contribution < -0.4 is 0 Å². The van der Waals surface area contributed by atoms with Gasteiger partial charge < -0.3 is 9.64 Å². The minimum Gasteiger partial charge on any atom is -0.443 e. The average molecular weight is 380 g/mol. The lowest BCUT2D eigenvalue weighted by Crippen LogP contribution is -2.31. The van der Waals surface area contributed by atoms with Gasteiger partial charge >= 0.3 is 5.97 Å². The molecule has 3 aromatic rings. The van der Waals surface area contributed by atoms with Crippen LogP contribution in [0.2, 0.25) is 0 Å². The highest BCUT2D eigenvalue weighted by Crippen LogP contribution is 2.26. The highest BCUT2D eigenvalue weighted by molar-refractivity contribution is 7.13. The summed E-state index contributed by atoms with van der Waals surface area (Å²) < 4.78 is 5.53. The number of amides is 1. The first kappa shape index (κ1) is 18.8. The second-order valence-corrected chi connectivity index (χ2v) is 7.19. The van der Waals surface area contributed by atoms with Crippen LogP contribution in [0.1, 0.15) is 27.7 Å². The molecule has 1 heterocycles. The monoisotopic (exact) mass is 380 g/mol. The molecule has 27 heavy (non-hydrogen) atoms. The van der Waals surface area contributed by atoms with Gasteiger partial charge in [0, 0.05) is 30.6 Å². The van der Waals surface area contributed by atoms with Gasteiger partial charge in [-0.3, -0.25) is 4.79 Å². The number of esters is 1. The van der Waals surface area contributed by atoms with Gasteiger partial charge in [0.15, 0.2) is 5.69 Å². The van der Waals surface area contributed by atoms with Crippen LogP contribution in [-0.2, 0) is 9.53 Å². The molecule has 0 aliphatic heterocycles. The van der Waals surface area contributed by atoms with E-state index in [0.717, 1.165) is 16.1 Å². The number of aryl methyl sites for hydroxylation is 1. The molecule has 0 spiro atoms. The largest absolute Gasteiger partial charge is 0.443 e. The zero-order valence-corrected chi connectivity index (χ0v) is 16.2. The molecule has 1 atom stereocenters. The van der Waals surface area contributed by atoms with Gasteiger partial charge in [-0.05, 0) is 6.92 Å². The van der Waals surface area contributed by atoms with E-state index in [9.17, 15) is 9.59 Å². The summed E-state index contributed by atoms with van der Waals surface area (Å²) in [5.41, 5.74) is 2.91. The first-order valence-electron chi connectivity index (χ1n) is 8.45. The average Bonchev–Trinajstić information content (AvgIpc) is 3.17. The number of nitrogens with zero attached hydrogens (tertiary/aromatic N) is 2. The van der Waals surface area contributed by atoms with E-state index in [1.54, 1.807) is 43.7 Å². The zero-order valence-electron chi connectivity index (χ0n) is 15.4. The Kier molecular flexibility index (Phi) is 5.66. The molecule has 0 aliphatic rings. The Morgan fingerprint density at radius 1 is 1.04 bits per heavy atom. The Morgan fingerprint density at radius 2 is 1.70 bits per heavy atom. The fourth-order valence-electron chi connectivity index (χ4n) is 2.49. The number of likely N-dealkylation sites (N-methyl/N-ethyl adjacent to an activating group) is 1. The van der Waals surface area contributed by atoms with Crippen molar-refractivity contribution in [2.24, 2.45) is 0 Å². The number of ether oxygens (including phenoxy) is 1. The van der Waals surface area contributed by atoms with Crippen molar-refractivity contribution in [1.82, 2.24) is 9.88 Å². The third-order valence-corrected chi connectivity index (χ3v) is 4.90. The summed E-state index contributed by atoms with van der Waals surface area (Å²) in [6.07, 6.45) is -1.00. The zero-order chi connectivity index (χ0) is 19.4. The highest BCUT2D eigenvalue weighted by atomic mass is 32.1. The first-order chi connectivity index (χ1) is 13.0. The van der Waals surface area contributed by atoms with Gasteiger partial charge in [-0.1, -0.05) is 60.2 Å². The molecule has 0 bridgehead atoms. The number of carbonyl (C=O) groups is 2. The summed E-state index contributed by atoms with van der Waals surface area (Å²) in [5.74, 6) is -0.919. The molecule has 0 aliphatic carbocycles. The number of thiazole rings is 1. The van der Waals surface area contributed by atoms with Crippen molar-refractivity contribution in [1.29, 1.82) is 0 Å². The number of carbonyl (C=O) groups excluding carboxylic acids is 2. The maximum Gasteiger partial charge on any atom is 0.358 e. The van der Waals surface area contributed by atoms with Gasteiger partial charge in [0.1, 0.15) is 5.01 Å². The van der Waals surface area contributed by atoms with Crippen LogP contribution in [-0.4, -0.2) is 35.9 Å². The number of hydrogen-bond donors (Lipinski definition) is 0. The lowest BCUT2D eigenvalue weighted by atomic mass is 10.1. The highest BCUT2D eigenvalue weighted by Gasteiger charge is 2.28. The third-order valence-electron chi connectivity index (χ3n) is 4.00. The van der Waals surface area contributed by atoms with E-state index in [4.69, 9.17) is 4.74 Å². The molecule has 1 aromatic heterocycles. The van der Waals surface area contributed by atoms with E-state index >= 15 is 0 Å². The predicted octanol–water partition coefficient (Wildman–Crippen LogP) is 4.10. The molecule has 0 unspecified atom stereocenters. The van der Waals surface area contributed by atoms with E-state index in [2.05, 4.69) is 4.98 Å². The van der Waals surface area contributed by atoms with Crippen LogP contribution in [0.5, 0.6) is 0 Å². The van der Waals surface area contributed by atoms with E-state index in [1.165, 1.54) is 16.2 Å². The van der Waals surface area contributed by atoms with Gasteiger partial charge in [-0.2, -0.15) is 0 Å². The summed E-state index contributed by atoms with van der Waals surface area (Å²) in [6.45, 7) is 2.01. The molecule has 0 fully saturated rings. The minimum absolute atomic E-state index is 0.197. The van der Waals surface area contributed by atoms with Crippen molar-refractivity contribution in [2.75, 3.05) is 14.1 Å². The SMILES string of the molecule is Cc1ccc(-c2nc(C(=O)O[C@@H](C(=O)N(C)C)c3ccccc3)cs2)cc1. The van der Waals surface area contributed by atoms with E-state index < -0.39 is 12.1 Å². The summed E-state index contributed by atoms with van der Waals surface area (Å²) in [4.78, 5) is 30.9. The fourth-order valence-corrected chi connectivity index (χ4v) is 3.28. The Hall–Kier alpha value is -2.99. The van der Waals surface area contributed by atoms with Crippen molar-refractivity contribution in [3.05, 3.63) is 76.8 Å². The van der Waals surface area contributed by atoms with Crippen molar-refractivity contribution in [3.8, 4) is 10.6 Å². The molecular formula is C21H20N2O3S. The Bertz CT molecular complexity index is 934. The van der Waals surface area contributed by atoms with E-state index in [0.29, 0.717) is 5.56 Å². The lowest BCUT2D eigenvalue weighted by molar-refractivity contribution is -0.138. The quantitative estimate of drug-likeness (QED) is 0.625. The second kappa shape index (κ2) is 8.14. The van der Waals surface area contributed by atoms with Crippen LogP contribution in [0, 0.1) is 6.92 Å². The molecule has 5 nitrogen and oxygen atoms in total. The van der Waals surface area contributed by atoms with Crippen LogP contribution in [0.25, 0.3) is 10.6 Å². The van der Waals surface area contributed by atoms with Crippen molar-refractivity contribution < 1.29 is 14.3 Å². The van der Waals surface area contributed by atoms with Crippen LogP contribution >= 0.6 is 11.3 Å². The minimum atomic E-state index is -1.00. The standard InChI is InChI=1S/C21H20N2O3S/c1-14-9-11-16(12-10-14)19-22-17(13-27-19)21(25)26-18(20(24)23(2)3)15-7-5-4-6-8-15/h4-13,18H,1-3H3/t18-/m1/s1. The fraction of sp³-hybridized carbons (Fsp3) is 0.190. The van der Waals surface area contributed by atoms with Gasteiger partial charge in [0.05, 0.1) is 0 Å². The van der Waals surface area contributed by atoms with Crippen molar-refractivity contribution >= 4 is 23.2 Å². The molecule has 0 N–H and O–H groups in total. The van der Waals surface area contributed by atoms with E-state index in [1.807, 2.05) is 37.3 Å². The van der Waals surface area contributed by atoms with E-state index in [-0.39, 0.29) is 11.6 Å². The molecule has 138 valence electrons. The number of hydrogen-bond acceptors (Lipinski definition) is 5. The maximum absolute atomic E-state index is 12.6.